The maximum atomic E-state index is 6.04. The van der Waals surface area contributed by atoms with Crippen molar-refractivity contribution >= 4 is 11.8 Å². The van der Waals surface area contributed by atoms with E-state index in [-0.39, 0.29) is 0 Å². The third-order valence-corrected chi connectivity index (χ3v) is 5.86. The Morgan fingerprint density at radius 2 is 2.23 bits per heavy atom. The molecule has 4 rings (SSSR count). The molecule has 1 aliphatic rings. The van der Waals surface area contributed by atoms with E-state index in [9.17, 15) is 0 Å². The molecule has 26 heavy (non-hydrogen) atoms. The second-order valence-corrected chi connectivity index (χ2v) is 7.73. The number of aromatic nitrogens is 5. The first kappa shape index (κ1) is 17.4. The van der Waals surface area contributed by atoms with E-state index in [1.165, 1.54) is 31.0 Å². The van der Waals surface area contributed by atoms with Crippen LogP contribution < -0.4 is 0 Å². The maximum absolute atomic E-state index is 6.04. The first-order valence-electron chi connectivity index (χ1n) is 9.08. The molecule has 0 unspecified atom stereocenters. The van der Waals surface area contributed by atoms with Gasteiger partial charge in [0.2, 0.25) is 0 Å². The monoisotopic (exact) mass is 372 g/mol. The summed E-state index contributed by atoms with van der Waals surface area (Å²) in [4.78, 5) is 6.70. The van der Waals surface area contributed by atoms with Gasteiger partial charge in [0.05, 0.1) is 12.9 Å². The lowest BCUT2D eigenvalue weighted by molar-refractivity contribution is 0.117. The van der Waals surface area contributed by atoms with E-state index in [0.29, 0.717) is 6.04 Å². The van der Waals surface area contributed by atoms with Gasteiger partial charge in [-0.15, -0.1) is 10.2 Å². The van der Waals surface area contributed by atoms with Gasteiger partial charge in [-0.05, 0) is 49.7 Å². The summed E-state index contributed by atoms with van der Waals surface area (Å²) in [7, 11) is 1.94. The molecule has 0 N–H and O–H groups in total. The van der Waals surface area contributed by atoms with Gasteiger partial charge in [-0.25, -0.2) is 4.98 Å². The van der Waals surface area contributed by atoms with Gasteiger partial charge in [0.1, 0.15) is 12.1 Å². The Morgan fingerprint density at radius 1 is 1.27 bits per heavy atom. The van der Waals surface area contributed by atoms with Crippen LogP contribution in [0.1, 0.15) is 31.4 Å². The third-order valence-electron chi connectivity index (χ3n) is 4.89. The molecule has 8 heteroatoms. The van der Waals surface area contributed by atoms with E-state index in [0.717, 1.165) is 42.1 Å². The van der Waals surface area contributed by atoms with E-state index >= 15 is 0 Å². The Morgan fingerprint density at radius 3 is 3.04 bits per heavy atom. The average Bonchev–Trinajstić information content (AvgIpc) is 3.39. The van der Waals surface area contributed by atoms with Crippen LogP contribution in [-0.4, -0.2) is 41.8 Å². The lowest BCUT2D eigenvalue weighted by Crippen LogP contribution is -2.39. The summed E-state index contributed by atoms with van der Waals surface area (Å²) < 4.78 is 10.1. The predicted molar refractivity (Wildman–Crippen MR) is 98.7 cm³/mol. The fourth-order valence-electron chi connectivity index (χ4n) is 3.47. The number of piperidine rings is 1. The van der Waals surface area contributed by atoms with E-state index in [4.69, 9.17) is 4.42 Å². The van der Waals surface area contributed by atoms with Crippen LogP contribution in [0.2, 0.25) is 0 Å². The molecule has 138 valence electrons. The second kappa shape index (κ2) is 8.09. The van der Waals surface area contributed by atoms with Crippen LogP contribution in [0.3, 0.4) is 0 Å². The topological polar surface area (TPSA) is 64.9 Å². The highest BCUT2D eigenvalue weighted by Crippen LogP contribution is 2.29. The molecule has 7 nitrogen and oxygen atoms in total. The van der Waals surface area contributed by atoms with Crippen LogP contribution in [0.25, 0.3) is 0 Å². The highest BCUT2D eigenvalue weighted by molar-refractivity contribution is 7.99. The highest BCUT2D eigenvalue weighted by atomic mass is 32.2. The molecule has 1 atom stereocenters. The zero-order chi connectivity index (χ0) is 17.8. The number of rotatable bonds is 7. The molecule has 0 saturated carbocycles. The molecular weight excluding hydrogens is 348 g/mol. The fourth-order valence-corrected chi connectivity index (χ4v) is 4.21. The van der Waals surface area contributed by atoms with Crippen molar-refractivity contribution in [2.75, 3.05) is 6.54 Å². The quantitative estimate of drug-likeness (QED) is 0.635. The van der Waals surface area contributed by atoms with Gasteiger partial charge < -0.3 is 13.6 Å². The molecule has 0 radical (unpaired) electrons. The fraction of sp³-hybridized carbons (Fsp3) is 0.500. The van der Waals surface area contributed by atoms with Crippen LogP contribution in [0.5, 0.6) is 0 Å². The van der Waals surface area contributed by atoms with Crippen molar-refractivity contribution in [1.29, 1.82) is 0 Å². The number of aryl methyl sites for hydroxylation is 2. The predicted octanol–water partition coefficient (Wildman–Crippen LogP) is 3.20. The summed E-state index contributed by atoms with van der Waals surface area (Å²) in [5.41, 5.74) is 0. The first-order valence-corrected chi connectivity index (χ1v) is 9.90. The smallest absolute Gasteiger partial charge is 0.198 e. The van der Waals surface area contributed by atoms with Crippen molar-refractivity contribution in [2.45, 2.75) is 55.1 Å². The Kier molecular flexibility index (Phi) is 5.40. The standard InChI is InChI=1S/C18H24N6OS/c1-22-14-20-21-18(22)26-17-6-5-16(25-17)12-24-9-3-2-4-15(24)7-10-23-11-8-19-13-23/h5-6,8,11,13-15H,2-4,7,9-10,12H2,1H3/t15-/m0/s1. The Labute approximate surface area is 157 Å². The molecule has 4 heterocycles. The van der Waals surface area contributed by atoms with Crippen molar-refractivity contribution in [3.05, 3.63) is 42.9 Å². The van der Waals surface area contributed by atoms with Crippen LogP contribution >= 0.6 is 11.8 Å². The number of hydrogen-bond acceptors (Lipinski definition) is 6. The lowest BCUT2D eigenvalue weighted by atomic mass is 9.99. The van der Waals surface area contributed by atoms with Gasteiger partial charge in [0.15, 0.2) is 10.2 Å². The van der Waals surface area contributed by atoms with Gasteiger partial charge in [-0.3, -0.25) is 4.90 Å². The largest absolute Gasteiger partial charge is 0.453 e. The minimum atomic E-state index is 0.603. The molecule has 3 aromatic heterocycles. The number of hydrogen-bond donors (Lipinski definition) is 0. The van der Waals surface area contributed by atoms with Crippen molar-refractivity contribution in [2.24, 2.45) is 7.05 Å². The van der Waals surface area contributed by atoms with Gasteiger partial charge >= 0.3 is 0 Å². The van der Waals surface area contributed by atoms with E-state index < -0.39 is 0 Å². The molecule has 0 amide bonds. The summed E-state index contributed by atoms with van der Waals surface area (Å²) in [5, 5.41) is 9.70. The van der Waals surface area contributed by atoms with Crippen LogP contribution in [-0.2, 0) is 20.1 Å². The van der Waals surface area contributed by atoms with Crippen molar-refractivity contribution in [3.8, 4) is 0 Å². The Balaban J connectivity index is 1.36. The Hall–Kier alpha value is -2.06. The number of imidazole rings is 1. The number of nitrogens with zero attached hydrogens (tertiary/aromatic N) is 6. The van der Waals surface area contributed by atoms with Gasteiger partial charge in [0.25, 0.3) is 0 Å². The minimum absolute atomic E-state index is 0.603. The van der Waals surface area contributed by atoms with Crippen LogP contribution in [0, 0.1) is 0 Å². The van der Waals surface area contributed by atoms with E-state index in [2.05, 4.69) is 30.7 Å². The summed E-state index contributed by atoms with van der Waals surface area (Å²) in [6, 6.07) is 4.71. The third kappa shape index (κ3) is 4.19. The van der Waals surface area contributed by atoms with E-state index in [1.54, 1.807) is 6.33 Å². The minimum Gasteiger partial charge on any atom is -0.453 e. The molecule has 1 saturated heterocycles. The van der Waals surface area contributed by atoms with Crippen LogP contribution in [0.15, 0.2) is 51.8 Å². The molecule has 0 bridgehead atoms. The zero-order valence-electron chi connectivity index (χ0n) is 15.0. The maximum Gasteiger partial charge on any atom is 0.198 e. The molecule has 0 spiro atoms. The van der Waals surface area contributed by atoms with Gasteiger partial charge in [0, 0.05) is 32.0 Å². The summed E-state index contributed by atoms with van der Waals surface area (Å²) in [5.74, 6) is 1.02. The number of furan rings is 1. The molecular formula is C18H24N6OS. The molecule has 1 fully saturated rings. The lowest BCUT2D eigenvalue weighted by Gasteiger charge is -2.35. The Bertz CT molecular complexity index is 811. The van der Waals surface area contributed by atoms with Crippen molar-refractivity contribution in [3.63, 3.8) is 0 Å². The molecule has 0 aliphatic carbocycles. The zero-order valence-corrected chi connectivity index (χ0v) is 15.8. The number of likely N-dealkylation sites (tertiary alicyclic amines) is 1. The summed E-state index contributed by atoms with van der Waals surface area (Å²) in [6.07, 6.45) is 12.5. The van der Waals surface area contributed by atoms with E-state index in [1.807, 2.05) is 36.4 Å². The van der Waals surface area contributed by atoms with Gasteiger partial charge in [-0.1, -0.05) is 6.42 Å². The molecule has 0 aromatic carbocycles. The van der Waals surface area contributed by atoms with Crippen LogP contribution in [0.4, 0.5) is 0 Å². The summed E-state index contributed by atoms with van der Waals surface area (Å²) in [6.45, 7) is 3.03. The van der Waals surface area contributed by atoms with Gasteiger partial charge in [-0.2, -0.15) is 0 Å². The highest BCUT2D eigenvalue weighted by Gasteiger charge is 2.23. The first-order chi connectivity index (χ1) is 12.8. The SMILES string of the molecule is Cn1cnnc1Sc1ccc(CN2CCCC[C@H]2CCn2ccnc2)o1. The van der Waals surface area contributed by atoms with Crippen molar-refractivity contribution < 1.29 is 4.42 Å². The second-order valence-electron chi connectivity index (χ2n) is 6.76. The average molecular weight is 372 g/mol. The molecule has 1 aliphatic heterocycles. The molecule has 3 aromatic rings. The normalized spacial score (nSPS) is 18.4. The summed E-state index contributed by atoms with van der Waals surface area (Å²) >= 11 is 1.51. The van der Waals surface area contributed by atoms with Crippen molar-refractivity contribution in [1.82, 2.24) is 29.2 Å².